The molecule has 4 rings (SSSR count). The summed E-state index contributed by atoms with van der Waals surface area (Å²) in [5.41, 5.74) is 0.961. The molecule has 0 saturated carbocycles. The van der Waals surface area contributed by atoms with E-state index in [0.717, 1.165) is 0 Å². The molecule has 0 N–H and O–H groups in total. The first-order valence-corrected chi connectivity index (χ1v) is 12.4. The van der Waals surface area contributed by atoms with Crippen LogP contribution in [0.4, 0.5) is 10.2 Å². The van der Waals surface area contributed by atoms with E-state index < -0.39 is 11.8 Å². The molecule has 1 amide bonds. The Kier molecular flexibility index (Phi) is 8.47. The standard InChI is InChI=1S/C24H25ClFN5O4S/c1-34-15-31-10-11-36-24(31)28-20-13-16(23(33)35-2)12-17(27-20)14-29-6-8-30(9-7-29)22(32)18-4-3-5-19(25)21(18)26/h3-5,10-13H,6-9,14-15H2,1-2H3/b28-24-. The third kappa shape index (κ3) is 5.98. The predicted molar refractivity (Wildman–Crippen MR) is 133 cm³/mol. The number of aromatic nitrogens is 2. The highest BCUT2D eigenvalue weighted by Gasteiger charge is 2.25. The summed E-state index contributed by atoms with van der Waals surface area (Å²) < 4.78 is 26.2. The molecule has 0 spiro atoms. The number of hydrogen-bond acceptors (Lipinski definition) is 8. The lowest BCUT2D eigenvalue weighted by molar-refractivity contribution is 0.0594. The summed E-state index contributed by atoms with van der Waals surface area (Å²) in [6.07, 6.45) is 1.86. The molecule has 1 saturated heterocycles. The Hall–Kier alpha value is -3.12. The lowest BCUT2D eigenvalue weighted by Gasteiger charge is -2.34. The Bertz CT molecular complexity index is 1320. The van der Waals surface area contributed by atoms with Crippen LogP contribution in [0.1, 0.15) is 26.4 Å². The lowest BCUT2D eigenvalue weighted by atomic mass is 10.1. The molecule has 9 nitrogen and oxygen atoms in total. The lowest BCUT2D eigenvalue weighted by Crippen LogP contribution is -2.48. The van der Waals surface area contributed by atoms with Crippen molar-refractivity contribution in [2.75, 3.05) is 40.4 Å². The number of pyridine rings is 1. The highest BCUT2D eigenvalue weighted by atomic mass is 35.5. The van der Waals surface area contributed by atoms with Crippen molar-refractivity contribution in [3.63, 3.8) is 0 Å². The fourth-order valence-corrected chi connectivity index (χ4v) is 4.74. The Morgan fingerprint density at radius 2 is 1.97 bits per heavy atom. The van der Waals surface area contributed by atoms with Gasteiger partial charge >= 0.3 is 5.97 Å². The van der Waals surface area contributed by atoms with Crippen LogP contribution in [0.3, 0.4) is 0 Å². The van der Waals surface area contributed by atoms with Crippen LogP contribution in [-0.2, 0) is 22.7 Å². The number of carbonyl (C=O) groups is 2. The molecule has 1 aliphatic heterocycles. The summed E-state index contributed by atoms with van der Waals surface area (Å²) in [5, 5.41) is 1.81. The van der Waals surface area contributed by atoms with Gasteiger partial charge in [-0.1, -0.05) is 17.7 Å². The van der Waals surface area contributed by atoms with Crippen LogP contribution in [0.15, 0.2) is 46.9 Å². The minimum atomic E-state index is -0.704. The number of esters is 1. The molecule has 0 radical (unpaired) electrons. The third-order valence-electron chi connectivity index (χ3n) is 5.65. The van der Waals surface area contributed by atoms with Gasteiger partial charge in [-0.05, 0) is 24.3 Å². The van der Waals surface area contributed by atoms with Crippen molar-refractivity contribution in [3.8, 4) is 0 Å². The largest absolute Gasteiger partial charge is 0.465 e. The first-order valence-electron chi connectivity index (χ1n) is 11.1. The van der Waals surface area contributed by atoms with E-state index in [-0.39, 0.29) is 16.5 Å². The molecular weight excluding hydrogens is 509 g/mol. The van der Waals surface area contributed by atoms with Gasteiger partial charge in [0.05, 0.1) is 29.0 Å². The molecule has 0 aliphatic carbocycles. The van der Waals surface area contributed by atoms with E-state index in [1.165, 1.54) is 30.6 Å². The van der Waals surface area contributed by atoms with Crippen molar-refractivity contribution in [2.45, 2.75) is 13.3 Å². The first kappa shape index (κ1) is 26.0. The van der Waals surface area contributed by atoms with Gasteiger partial charge in [0.15, 0.2) is 16.4 Å². The summed E-state index contributed by atoms with van der Waals surface area (Å²) in [6.45, 7) is 2.75. The van der Waals surface area contributed by atoms with Crippen LogP contribution >= 0.6 is 22.9 Å². The summed E-state index contributed by atoms with van der Waals surface area (Å²) in [4.78, 5) is 38.7. The van der Waals surface area contributed by atoms with Crippen molar-refractivity contribution >= 4 is 40.6 Å². The van der Waals surface area contributed by atoms with Gasteiger partial charge in [-0.15, -0.1) is 11.3 Å². The maximum atomic E-state index is 14.3. The fourth-order valence-electron chi connectivity index (χ4n) is 3.85. The minimum absolute atomic E-state index is 0.0334. The monoisotopic (exact) mass is 533 g/mol. The highest BCUT2D eigenvalue weighted by Crippen LogP contribution is 2.21. The molecule has 0 unspecified atom stereocenters. The molecule has 12 heteroatoms. The second-order valence-corrected chi connectivity index (χ2v) is 9.33. The summed E-state index contributed by atoms with van der Waals surface area (Å²) in [5.74, 6) is -1.19. The molecule has 2 aromatic heterocycles. The fraction of sp³-hybridized carbons (Fsp3) is 0.333. The summed E-state index contributed by atoms with van der Waals surface area (Å²) >= 11 is 7.26. The third-order valence-corrected chi connectivity index (χ3v) is 6.74. The zero-order chi connectivity index (χ0) is 25.7. The van der Waals surface area contributed by atoms with Gasteiger partial charge in [0, 0.05) is 51.4 Å². The van der Waals surface area contributed by atoms with Crippen LogP contribution in [0, 0.1) is 5.82 Å². The molecule has 1 fully saturated rings. The average Bonchev–Trinajstić information content (AvgIpc) is 3.31. The van der Waals surface area contributed by atoms with Crippen LogP contribution in [-0.4, -0.2) is 71.6 Å². The van der Waals surface area contributed by atoms with E-state index in [9.17, 15) is 14.0 Å². The second-order valence-electron chi connectivity index (χ2n) is 8.05. The molecule has 3 aromatic rings. The molecular formula is C24H25ClFN5O4S. The van der Waals surface area contributed by atoms with E-state index in [2.05, 4.69) is 14.9 Å². The van der Waals surface area contributed by atoms with Gasteiger partial charge in [0.1, 0.15) is 6.73 Å². The maximum Gasteiger partial charge on any atom is 0.338 e. The quantitative estimate of drug-likeness (QED) is 0.433. The maximum absolute atomic E-state index is 14.3. The van der Waals surface area contributed by atoms with E-state index >= 15 is 0 Å². The van der Waals surface area contributed by atoms with E-state index in [4.69, 9.17) is 21.1 Å². The molecule has 1 aliphatic rings. The Balaban J connectivity index is 1.49. The van der Waals surface area contributed by atoms with Gasteiger partial charge in [0.25, 0.3) is 5.91 Å². The number of piperazine rings is 1. The van der Waals surface area contributed by atoms with Crippen LogP contribution in [0.5, 0.6) is 0 Å². The topological polar surface area (TPSA) is 89.3 Å². The second kappa shape index (κ2) is 11.7. The number of hydrogen-bond donors (Lipinski definition) is 0. The van der Waals surface area contributed by atoms with E-state index in [1.807, 2.05) is 16.1 Å². The zero-order valence-electron chi connectivity index (χ0n) is 19.8. The number of carbonyl (C=O) groups excluding carboxylic acids is 2. The van der Waals surface area contributed by atoms with Gasteiger partial charge in [-0.3, -0.25) is 14.3 Å². The van der Waals surface area contributed by atoms with Crippen LogP contribution < -0.4 is 4.80 Å². The van der Waals surface area contributed by atoms with Crippen molar-refractivity contribution in [1.29, 1.82) is 0 Å². The molecule has 0 atom stereocenters. The number of methoxy groups -OCH3 is 2. The van der Waals surface area contributed by atoms with Crippen molar-refractivity contribution in [3.05, 3.63) is 74.4 Å². The minimum Gasteiger partial charge on any atom is -0.465 e. The Morgan fingerprint density at radius 3 is 2.69 bits per heavy atom. The smallest absolute Gasteiger partial charge is 0.338 e. The molecule has 0 bridgehead atoms. The molecule has 3 heterocycles. The summed E-state index contributed by atoms with van der Waals surface area (Å²) in [6, 6.07) is 7.68. The summed E-state index contributed by atoms with van der Waals surface area (Å²) in [7, 11) is 2.92. The number of amides is 1. The normalized spacial score (nSPS) is 14.8. The number of nitrogens with zero attached hydrogens (tertiary/aromatic N) is 5. The molecule has 190 valence electrons. The Morgan fingerprint density at radius 1 is 1.19 bits per heavy atom. The van der Waals surface area contributed by atoms with Crippen LogP contribution in [0.25, 0.3) is 0 Å². The van der Waals surface area contributed by atoms with E-state index in [1.54, 1.807) is 30.2 Å². The number of thiazole rings is 1. The van der Waals surface area contributed by atoms with Crippen molar-refractivity contribution in [2.24, 2.45) is 4.99 Å². The number of halogens is 2. The number of ether oxygens (including phenoxy) is 2. The van der Waals surface area contributed by atoms with Crippen molar-refractivity contribution < 1.29 is 23.5 Å². The molecule has 36 heavy (non-hydrogen) atoms. The average molecular weight is 534 g/mol. The Labute approximate surface area is 216 Å². The first-order chi connectivity index (χ1) is 17.4. The molecule has 1 aromatic carbocycles. The van der Waals surface area contributed by atoms with Crippen molar-refractivity contribution in [1.82, 2.24) is 19.4 Å². The SMILES string of the molecule is COCn1ccs/c1=N\c1cc(C(=O)OC)cc(CN2CCN(C(=O)c3cccc(Cl)c3F)CC2)n1. The van der Waals surface area contributed by atoms with Gasteiger partial charge in [0.2, 0.25) is 0 Å². The highest BCUT2D eigenvalue weighted by molar-refractivity contribution is 7.07. The zero-order valence-corrected chi connectivity index (χ0v) is 21.4. The van der Waals surface area contributed by atoms with Gasteiger partial charge < -0.3 is 14.4 Å². The number of benzene rings is 1. The van der Waals surface area contributed by atoms with Gasteiger partial charge in [-0.25, -0.2) is 19.2 Å². The van der Waals surface area contributed by atoms with Gasteiger partial charge in [-0.2, -0.15) is 0 Å². The van der Waals surface area contributed by atoms with Crippen LogP contribution in [0.2, 0.25) is 5.02 Å². The number of rotatable bonds is 7. The van der Waals surface area contributed by atoms with E-state index in [0.29, 0.717) is 61.3 Å². The predicted octanol–water partition coefficient (Wildman–Crippen LogP) is 3.32.